The number of nitrogens with one attached hydrogen (secondary N) is 1. The van der Waals surface area contributed by atoms with Crippen LogP contribution in [0.5, 0.6) is 5.75 Å². The molecule has 3 rings (SSSR count). The summed E-state index contributed by atoms with van der Waals surface area (Å²) in [5.74, 6) is 1.06. The van der Waals surface area contributed by atoms with E-state index in [9.17, 15) is 0 Å². The van der Waals surface area contributed by atoms with Gasteiger partial charge < -0.3 is 10.1 Å². The third kappa shape index (κ3) is 3.08. The molecule has 1 atom stereocenters. The summed E-state index contributed by atoms with van der Waals surface area (Å²) in [7, 11) is 0. The molecule has 0 fully saturated rings. The van der Waals surface area contributed by atoms with Gasteiger partial charge >= 0.3 is 0 Å². The fourth-order valence-electron chi connectivity index (χ4n) is 2.83. The Balaban J connectivity index is 1.72. The van der Waals surface area contributed by atoms with Crippen LogP contribution in [0.25, 0.3) is 0 Å². The Morgan fingerprint density at radius 2 is 2.14 bits per heavy atom. The predicted octanol–water partition coefficient (Wildman–Crippen LogP) is 3.65. The molecule has 1 aromatic carbocycles. The molecule has 0 unspecified atom stereocenters. The molecule has 2 aromatic rings. The Kier molecular flexibility index (Phi) is 3.68. The molecule has 0 radical (unpaired) electrons. The Morgan fingerprint density at radius 3 is 2.90 bits per heavy atom. The average molecular weight is 282 g/mol. The van der Waals surface area contributed by atoms with E-state index in [4.69, 9.17) is 4.74 Å². The van der Waals surface area contributed by atoms with Crippen molar-refractivity contribution < 1.29 is 4.74 Å². The van der Waals surface area contributed by atoms with E-state index in [1.165, 1.54) is 16.7 Å². The molecular formula is C18H22N2O. The maximum Gasteiger partial charge on any atom is 0.127 e. The summed E-state index contributed by atoms with van der Waals surface area (Å²) in [5, 5.41) is 3.55. The second-order valence-electron chi connectivity index (χ2n) is 6.33. The maximum atomic E-state index is 6.11. The van der Waals surface area contributed by atoms with Crippen LogP contribution in [0.1, 0.15) is 43.5 Å². The molecule has 3 nitrogen and oxygen atoms in total. The number of nitrogens with zero attached hydrogens (tertiary/aromatic N) is 1. The molecule has 2 heterocycles. The zero-order valence-electron chi connectivity index (χ0n) is 12.9. The highest BCUT2D eigenvalue weighted by Gasteiger charge is 2.31. The van der Waals surface area contributed by atoms with Gasteiger partial charge in [-0.3, -0.25) is 4.98 Å². The highest BCUT2D eigenvalue weighted by atomic mass is 16.5. The lowest BCUT2D eigenvalue weighted by molar-refractivity contribution is 0.137. The van der Waals surface area contributed by atoms with Gasteiger partial charge in [0.2, 0.25) is 0 Å². The summed E-state index contributed by atoms with van der Waals surface area (Å²) < 4.78 is 6.11. The molecule has 0 amide bonds. The molecule has 3 heteroatoms. The van der Waals surface area contributed by atoms with Gasteiger partial charge in [0.15, 0.2) is 0 Å². The number of fused-ring (bicyclic) bond motifs is 1. The number of aromatic nitrogens is 1. The van der Waals surface area contributed by atoms with E-state index in [0.29, 0.717) is 0 Å². The Hall–Kier alpha value is -1.87. The monoisotopic (exact) mass is 282 g/mol. The highest BCUT2D eigenvalue weighted by molar-refractivity contribution is 5.45. The van der Waals surface area contributed by atoms with E-state index in [1.54, 1.807) is 6.20 Å². The lowest BCUT2D eigenvalue weighted by atomic mass is 10.0. The zero-order chi connectivity index (χ0) is 14.9. The Morgan fingerprint density at radius 1 is 1.29 bits per heavy atom. The molecule has 1 aromatic heterocycles. The number of ether oxygens (including phenoxy) is 1. The van der Waals surface area contributed by atoms with Crippen LogP contribution in [0, 0.1) is 0 Å². The fourth-order valence-corrected chi connectivity index (χ4v) is 2.83. The van der Waals surface area contributed by atoms with E-state index < -0.39 is 0 Å². The van der Waals surface area contributed by atoms with Gasteiger partial charge in [0.1, 0.15) is 11.4 Å². The minimum atomic E-state index is -0.0899. The van der Waals surface area contributed by atoms with E-state index in [-0.39, 0.29) is 11.6 Å². The summed E-state index contributed by atoms with van der Waals surface area (Å²) in [6.45, 7) is 7.24. The molecule has 1 aliphatic heterocycles. The first kappa shape index (κ1) is 14.1. The molecule has 0 saturated heterocycles. The van der Waals surface area contributed by atoms with Crippen LogP contribution in [0.2, 0.25) is 0 Å². The van der Waals surface area contributed by atoms with Gasteiger partial charge in [0, 0.05) is 37.0 Å². The van der Waals surface area contributed by atoms with Crippen molar-refractivity contribution in [2.75, 3.05) is 0 Å². The minimum Gasteiger partial charge on any atom is -0.487 e. The molecule has 21 heavy (non-hydrogen) atoms. The van der Waals surface area contributed by atoms with E-state index in [0.717, 1.165) is 18.7 Å². The number of rotatable bonds is 4. The highest BCUT2D eigenvalue weighted by Crippen LogP contribution is 2.37. The number of para-hydroxylation sites is 1. The van der Waals surface area contributed by atoms with Crippen LogP contribution in [0.3, 0.4) is 0 Å². The van der Waals surface area contributed by atoms with E-state index in [2.05, 4.69) is 55.3 Å². The largest absolute Gasteiger partial charge is 0.487 e. The first-order valence-electron chi connectivity index (χ1n) is 7.48. The second-order valence-corrected chi connectivity index (χ2v) is 6.33. The van der Waals surface area contributed by atoms with E-state index in [1.807, 2.05) is 12.3 Å². The number of pyridine rings is 1. The van der Waals surface area contributed by atoms with Gasteiger partial charge in [-0.1, -0.05) is 24.3 Å². The van der Waals surface area contributed by atoms with Crippen molar-refractivity contribution in [3.05, 3.63) is 59.4 Å². The third-order valence-electron chi connectivity index (χ3n) is 3.96. The van der Waals surface area contributed by atoms with Gasteiger partial charge in [-0.15, -0.1) is 0 Å². The number of hydrogen-bond acceptors (Lipinski definition) is 3. The quantitative estimate of drug-likeness (QED) is 0.929. The van der Waals surface area contributed by atoms with Crippen molar-refractivity contribution in [3.63, 3.8) is 0 Å². The second kappa shape index (κ2) is 5.49. The standard InChI is InChI=1S/C18H22N2O/c1-13(15-8-5-9-19-11-15)20-12-16-7-4-6-14-10-18(2,3)21-17(14)16/h4-9,11,13,20H,10,12H2,1-3H3/t13-/m0/s1. The Labute approximate surface area is 126 Å². The van der Waals surface area contributed by atoms with Crippen LogP contribution in [0.4, 0.5) is 0 Å². The van der Waals surface area contributed by atoms with Crippen LogP contribution in [-0.4, -0.2) is 10.6 Å². The fraction of sp³-hybridized carbons (Fsp3) is 0.389. The zero-order valence-corrected chi connectivity index (χ0v) is 12.9. The van der Waals surface area contributed by atoms with E-state index >= 15 is 0 Å². The predicted molar refractivity (Wildman–Crippen MR) is 84.3 cm³/mol. The molecule has 1 aliphatic rings. The van der Waals surface area contributed by atoms with Crippen molar-refractivity contribution in [2.24, 2.45) is 0 Å². The molecule has 0 saturated carbocycles. The van der Waals surface area contributed by atoms with Gasteiger partial charge in [0.25, 0.3) is 0 Å². The van der Waals surface area contributed by atoms with Crippen molar-refractivity contribution in [1.29, 1.82) is 0 Å². The normalized spacial score (nSPS) is 17.1. The topological polar surface area (TPSA) is 34.1 Å². The summed E-state index contributed by atoms with van der Waals surface area (Å²) in [6.07, 6.45) is 4.69. The van der Waals surface area contributed by atoms with Crippen molar-refractivity contribution in [2.45, 2.75) is 45.4 Å². The summed E-state index contributed by atoms with van der Waals surface area (Å²) in [5.41, 5.74) is 3.65. The smallest absolute Gasteiger partial charge is 0.127 e. The lowest BCUT2D eigenvalue weighted by Gasteiger charge is -2.19. The van der Waals surface area contributed by atoms with Gasteiger partial charge in [0.05, 0.1) is 0 Å². The summed E-state index contributed by atoms with van der Waals surface area (Å²) >= 11 is 0. The van der Waals surface area contributed by atoms with Crippen molar-refractivity contribution >= 4 is 0 Å². The lowest BCUT2D eigenvalue weighted by Crippen LogP contribution is -2.25. The van der Waals surface area contributed by atoms with Gasteiger partial charge in [-0.05, 0) is 38.0 Å². The van der Waals surface area contributed by atoms with Gasteiger partial charge in [-0.2, -0.15) is 0 Å². The summed E-state index contributed by atoms with van der Waals surface area (Å²) in [6, 6.07) is 10.8. The number of hydrogen-bond donors (Lipinski definition) is 1. The SMILES string of the molecule is C[C@H](NCc1cccc2c1OC(C)(C)C2)c1cccnc1. The van der Waals surface area contributed by atoms with Crippen molar-refractivity contribution in [3.8, 4) is 5.75 Å². The summed E-state index contributed by atoms with van der Waals surface area (Å²) in [4.78, 5) is 4.17. The number of benzene rings is 1. The van der Waals surface area contributed by atoms with Crippen LogP contribution >= 0.6 is 0 Å². The van der Waals surface area contributed by atoms with Crippen molar-refractivity contribution in [1.82, 2.24) is 10.3 Å². The maximum absolute atomic E-state index is 6.11. The molecule has 0 spiro atoms. The third-order valence-corrected chi connectivity index (χ3v) is 3.96. The van der Waals surface area contributed by atoms with Crippen LogP contribution in [-0.2, 0) is 13.0 Å². The average Bonchev–Trinajstić information content (AvgIpc) is 2.80. The molecule has 1 N–H and O–H groups in total. The first-order chi connectivity index (χ1) is 10.1. The molecule has 0 aliphatic carbocycles. The van der Waals surface area contributed by atoms with Crippen LogP contribution < -0.4 is 10.1 Å². The minimum absolute atomic E-state index is 0.0899. The molecule has 110 valence electrons. The Bertz CT molecular complexity index is 622. The van der Waals surface area contributed by atoms with Gasteiger partial charge in [-0.25, -0.2) is 0 Å². The van der Waals surface area contributed by atoms with Crippen LogP contribution in [0.15, 0.2) is 42.7 Å². The first-order valence-corrected chi connectivity index (χ1v) is 7.48. The molecular weight excluding hydrogens is 260 g/mol. The molecule has 0 bridgehead atoms.